The van der Waals surface area contributed by atoms with Gasteiger partial charge in [0.05, 0.1) is 18.2 Å². The van der Waals surface area contributed by atoms with Crippen LogP contribution < -0.4 is 10.6 Å². The highest BCUT2D eigenvalue weighted by Crippen LogP contribution is 2.13. The molecule has 0 radical (unpaired) electrons. The first-order valence-electron chi connectivity index (χ1n) is 8.34. The average Bonchev–Trinajstić information content (AvgIpc) is 2.97. The number of benzene rings is 1. The molecule has 0 aliphatic rings. The van der Waals surface area contributed by atoms with Crippen LogP contribution in [0.25, 0.3) is 0 Å². The number of aromatic nitrogens is 3. The summed E-state index contributed by atoms with van der Waals surface area (Å²) in [5, 5.41) is 13.5. The van der Waals surface area contributed by atoms with Crippen LogP contribution in [0.4, 0.5) is 4.79 Å². The number of nitrogens with zero attached hydrogens (tertiary/aromatic N) is 3. The third kappa shape index (κ3) is 6.19. The molecule has 1 aromatic carbocycles. The highest BCUT2D eigenvalue weighted by atomic mass is 16.5. The van der Waals surface area contributed by atoms with E-state index in [0.717, 1.165) is 11.1 Å². The van der Waals surface area contributed by atoms with E-state index in [1.165, 1.54) is 0 Å². The van der Waals surface area contributed by atoms with E-state index in [1.807, 2.05) is 59.0 Å². The van der Waals surface area contributed by atoms with Gasteiger partial charge in [0, 0.05) is 13.6 Å². The van der Waals surface area contributed by atoms with Gasteiger partial charge in [-0.1, -0.05) is 24.3 Å². The third-order valence-electron chi connectivity index (χ3n) is 3.60. The lowest BCUT2D eigenvalue weighted by Crippen LogP contribution is -2.37. The van der Waals surface area contributed by atoms with Crippen molar-refractivity contribution < 1.29 is 9.53 Å². The zero-order valence-electron chi connectivity index (χ0n) is 15.5. The Kier molecular flexibility index (Phi) is 6.14. The summed E-state index contributed by atoms with van der Waals surface area (Å²) < 4.78 is 7.57. The lowest BCUT2D eigenvalue weighted by atomic mass is 10.1. The van der Waals surface area contributed by atoms with Gasteiger partial charge in [0.15, 0.2) is 5.82 Å². The molecule has 0 aliphatic heterocycles. The van der Waals surface area contributed by atoms with Crippen LogP contribution in [0.3, 0.4) is 0 Å². The lowest BCUT2D eigenvalue weighted by Gasteiger charge is -2.19. The predicted octanol–water partition coefficient (Wildman–Crippen LogP) is 2.69. The number of amides is 2. The van der Waals surface area contributed by atoms with Crippen molar-refractivity contribution in [3.05, 3.63) is 47.5 Å². The molecule has 0 fully saturated rings. The summed E-state index contributed by atoms with van der Waals surface area (Å²) in [5.41, 5.74) is 1.93. The molecule has 7 heteroatoms. The fourth-order valence-corrected chi connectivity index (χ4v) is 2.31. The fourth-order valence-electron chi connectivity index (χ4n) is 2.31. The molecule has 1 aromatic heterocycles. The Labute approximate surface area is 148 Å². The van der Waals surface area contributed by atoms with Gasteiger partial charge in [-0.05, 0) is 38.8 Å². The van der Waals surface area contributed by atoms with E-state index in [0.29, 0.717) is 19.0 Å². The number of ether oxygens (including phenoxy) is 1. The molecule has 136 valence electrons. The second-order valence-corrected chi connectivity index (χ2v) is 7.07. The van der Waals surface area contributed by atoms with Gasteiger partial charge in [-0.25, -0.2) is 4.79 Å². The van der Waals surface area contributed by atoms with Gasteiger partial charge in [0.2, 0.25) is 0 Å². The molecule has 0 saturated heterocycles. The van der Waals surface area contributed by atoms with Crippen LogP contribution >= 0.6 is 0 Å². The van der Waals surface area contributed by atoms with E-state index in [9.17, 15) is 4.79 Å². The number of carbonyl (C=O) groups excluding carboxylic acids is 1. The summed E-state index contributed by atoms with van der Waals surface area (Å²) >= 11 is 0. The maximum absolute atomic E-state index is 12.1. The molecule has 2 N–H and O–H groups in total. The zero-order valence-corrected chi connectivity index (χ0v) is 15.5. The Morgan fingerprint density at radius 1 is 1.32 bits per heavy atom. The molecule has 2 aromatic rings. The van der Waals surface area contributed by atoms with Crippen molar-refractivity contribution in [2.45, 2.75) is 52.5 Å². The highest BCUT2D eigenvalue weighted by Gasteiger charge is 2.14. The zero-order chi connectivity index (χ0) is 18.4. The molecule has 0 bridgehead atoms. The van der Waals surface area contributed by atoms with Crippen molar-refractivity contribution in [1.82, 2.24) is 25.4 Å². The summed E-state index contributed by atoms with van der Waals surface area (Å²) in [6, 6.07) is 7.54. The fraction of sp³-hybridized carbons (Fsp3) is 0.500. The van der Waals surface area contributed by atoms with Gasteiger partial charge in [-0.15, -0.1) is 10.2 Å². The van der Waals surface area contributed by atoms with E-state index < -0.39 is 0 Å². The molecule has 0 saturated carbocycles. The second-order valence-electron chi connectivity index (χ2n) is 7.07. The molecule has 25 heavy (non-hydrogen) atoms. The van der Waals surface area contributed by atoms with Gasteiger partial charge in [-0.2, -0.15) is 0 Å². The van der Waals surface area contributed by atoms with Crippen LogP contribution in [0.1, 0.15) is 50.7 Å². The van der Waals surface area contributed by atoms with Crippen molar-refractivity contribution in [3.63, 3.8) is 0 Å². The van der Waals surface area contributed by atoms with E-state index in [1.54, 1.807) is 10.9 Å². The minimum atomic E-state index is -0.244. The summed E-state index contributed by atoms with van der Waals surface area (Å²) in [5.74, 6) is 0.705. The first-order chi connectivity index (χ1) is 11.7. The van der Waals surface area contributed by atoms with Crippen molar-refractivity contribution in [1.29, 1.82) is 0 Å². The first-order valence-corrected chi connectivity index (χ1v) is 8.34. The number of aryl methyl sites for hydroxylation is 1. The largest absolute Gasteiger partial charge is 0.371 e. The van der Waals surface area contributed by atoms with Gasteiger partial charge < -0.3 is 19.9 Å². The maximum atomic E-state index is 12.1. The normalized spacial score (nSPS) is 12.7. The molecule has 2 amide bonds. The van der Waals surface area contributed by atoms with Gasteiger partial charge >= 0.3 is 6.03 Å². The molecule has 1 heterocycles. The monoisotopic (exact) mass is 345 g/mol. The Balaban J connectivity index is 1.84. The van der Waals surface area contributed by atoms with Crippen molar-refractivity contribution in [3.8, 4) is 0 Å². The van der Waals surface area contributed by atoms with Crippen molar-refractivity contribution in [2.75, 3.05) is 0 Å². The lowest BCUT2D eigenvalue weighted by molar-refractivity contribution is -0.0149. The van der Waals surface area contributed by atoms with E-state index >= 15 is 0 Å². The predicted molar refractivity (Wildman–Crippen MR) is 95.8 cm³/mol. The molecule has 0 spiro atoms. The summed E-state index contributed by atoms with van der Waals surface area (Å²) in [6.45, 7) is 8.95. The Morgan fingerprint density at radius 3 is 2.68 bits per heavy atom. The van der Waals surface area contributed by atoms with Crippen LogP contribution in [-0.2, 0) is 24.9 Å². The molecule has 7 nitrogen and oxygen atoms in total. The number of hydrogen-bond donors (Lipinski definition) is 2. The second kappa shape index (κ2) is 8.11. The molecule has 0 unspecified atom stereocenters. The quantitative estimate of drug-likeness (QED) is 0.843. The maximum Gasteiger partial charge on any atom is 0.315 e. The van der Waals surface area contributed by atoms with Crippen LogP contribution in [0.5, 0.6) is 0 Å². The van der Waals surface area contributed by atoms with Crippen LogP contribution in [0.2, 0.25) is 0 Å². The van der Waals surface area contributed by atoms with Gasteiger partial charge in [-0.3, -0.25) is 0 Å². The number of carbonyl (C=O) groups is 1. The van der Waals surface area contributed by atoms with Crippen LogP contribution in [-0.4, -0.2) is 26.4 Å². The smallest absolute Gasteiger partial charge is 0.315 e. The molecule has 1 atom stereocenters. The summed E-state index contributed by atoms with van der Waals surface area (Å²) in [4.78, 5) is 12.1. The van der Waals surface area contributed by atoms with E-state index in [-0.39, 0.29) is 17.7 Å². The minimum absolute atomic E-state index is 0.176. The molecule has 0 aliphatic carbocycles. The van der Waals surface area contributed by atoms with Crippen LogP contribution in [0, 0.1) is 0 Å². The highest BCUT2D eigenvalue weighted by molar-refractivity contribution is 5.74. The van der Waals surface area contributed by atoms with E-state index in [2.05, 4.69) is 20.8 Å². The number of hydrogen-bond acceptors (Lipinski definition) is 4. The molecule has 2 rings (SSSR count). The van der Waals surface area contributed by atoms with E-state index in [4.69, 9.17) is 4.74 Å². The third-order valence-corrected chi connectivity index (χ3v) is 3.60. The standard InChI is InChI=1S/C18H27N5O2/c1-13(16-22-20-12-23(16)5)21-17(24)19-10-14-7-6-8-15(9-14)11-25-18(2,3)4/h6-9,12-13H,10-11H2,1-5H3,(H2,19,21,24)/t13-/m0/s1. The number of urea groups is 1. The minimum Gasteiger partial charge on any atom is -0.371 e. The SMILES string of the molecule is C[C@H](NC(=O)NCc1cccc(COC(C)(C)C)c1)c1nncn1C. The Hall–Kier alpha value is -2.41. The van der Waals surface area contributed by atoms with Crippen LogP contribution in [0.15, 0.2) is 30.6 Å². The Morgan fingerprint density at radius 2 is 2.04 bits per heavy atom. The first kappa shape index (κ1) is 18.9. The average molecular weight is 345 g/mol. The molecular formula is C18H27N5O2. The number of rotatable bonds is 6. The summed E-state index contributed by atoms with van der Waals surface area (Å²) in [7, 11) is 1.84. The number of nitrogens with one attached hydrogen (secondary N) is 2. The Bertz CT molecular complexity index is 705. The van der Waals surface area contributed by atoms with Crippen molar-refractivity contribution in [2.24, 2.45) is 7.05 Å². The summed E-state index contributed by atoms with van der Waals surface area (Å²) in [6.07, 6.45) is 1.61. The molecular weight excluding hydrogens is 318 g/mol. The van der Waals surface area contributed by atoms with Gasteiger partial charge in [0.1, 0.15) is 6.33 Å². The van der Waals surface area contributed by atoms with Crippen molar-refractivity contribution >= 4 is 6.03 Å². The topological polar surface area (TPSA) is 81.1 Å². The van der Waals surface area contributed by atoms with Gasteiger partial charge in [0.25, 0.3) is 0 Å².